The molecule has 4 aromatic rings. The fourth-order valence-corrected chi connectivity index (χ4v) is 4.75. The number of rotatable bonds is 12. The van der Waals surface area contributed by atoms with Crippen LogP contribution in [-0.2, 0) is 0 Å². The number of carbonyl (C=O) groups is 1. The van der Waals surface area contributed by atoms with Crippen molar-refractivity contribution in [3.05, 3.63) is 88.4 Å². The average molecular weight is 603 g/mol. The van der Waals surface area contributed by atoms with Crippen LogP contribution in [0, 0.1) is 15.9 Å². The Kier molecular flexibility index (Phi) is 9.77. The Morgan fingerprint density at radius 2 is 1.86 bits per heavy atom. The summed E-state index contributed by atoms with van der Waals surface area (Å²) in [5.41, 5.74) is 3.51. The third kappa shape index (κ3) is 7.75. The molecule has 44 heavy (non-hydrogen) atoms. The van der Waals surface area contributed by atoms with E-state index in [0.717, 1.165) is 32.1 Å². The first-order valence-electron chi connectivity index (χ1n) is 14.0. The summed E-state index contributed by atoms with van der Waals surface area (Å²) in [5.74, 6) is 0.696. The summed E-state index contributed by atoms with van der Waals surface area (Å²) in [4.78, 5) is 29.3. The van der Waals surface area contributed by atoms with Gasteiger partial charge in [0.25, 0.3) is 5.69 Å². The van der Waals surface area contributed by atoms with Crippen molar-refractivity contribution in [1.82, 2.24) is 15.3 Å². The lowest BCUT2D eigenvalue weighted by Crippen LogP contribution is -2.24. The Morgan fingerprint density at radius 1 is 1.07 bits per heavy atom. The van der Waals surface area contributed by atoms with Crippen LogP contribution >= 0.6 is 0 Å². The first-order valence-corrected chi connectivity index (χ1v) is 14.0. The molecule has 0 atom stereocenters. The predicted molar refractivity (Wildman–Crippen MR) is 163 cm³/mol. The fourth-order valence-electron chi connectivity index (χ4n) is 4.75. The van der Waals surface area contributed by atoms with E-state index < -0.39 is 16.8 Å². The number of nitrogens with one attached hydrogen (secondary N) is 2. The Morgan fingerprint density at radius 3 is 2.59 bits per heavy atom. The van der Waals surface area contributed by atoms with Crippen LogP contribution in [0.5, 0.6) is 23.0 Å². The Balaban J connectivity index is 1.20. The number of ether oxygens (including phenoxy) is 3. The van der Waals surface area contributed by atoms with E-state index in [-0.39, 0.29) is 17.1 Å². The van der Waals surface area contributed by atoms with Crippen LogP contribution in [0.15, 0.2) is 72.0 Å². The second kappa shape index (κ2) is 14.2. The molecule has 1 aromatic heterocycles. The van der Waals surface area contributed by atoms with Gasteiger partial charge in [-0.1, -0.05) is 0 Å². The number of nitro benzene ring substituents is 1. The van der Waals surface area contributed by atoms with Gasteiger partial charge in [0.05, 0.1) is 30.4 Å². The normalized spacial score (nSPS) is 13.2. The molecule has 1 aliphatic heterocycles. The number of benzene rings is 3. The molecule has 2 amide bonds. The van der Waals surface area contributed by atoms with Crippen molar-refractivity contribution in [3.63, 3.8) is 0 Å². The van der Waals surface area contributed by atoms with Gasteiger partial charge in [-0.05, 0) is 74.3 Å². The molecular weight excluding hydrogens is 571 g/mol. The number of anilines is 1. The van der Waals surface area contributed by atoms with Gasteiger partial charge in [-0.2, -0.15) is 5.10 Å². The number of urea groups is 1. The molecule has 2 N–H and O–H groups in total. The molecule has 1 fully saturated rings. The molecule has 1 aliphatic rings. The Labute approximate surface area is 252 Å². The largest absolute Gasteiger partial charge is 0.493 e. The molecule has 2 heterocycles. The number of hydrogen-bond donors (Lipinski definition) is 2. The number of nitrogens with zero attached hydrogens (tertiary/aromatic N) is 4. The van der Waals surface area contributed by atoms with Gasteiger partial charge in [0.15, 0.2) is 23.1 Å². The van der Waals surface area contributed by atoms with Crippen LogP contribution < -0.4 is 25.0 Å². The van der Waals surface area contributed by atoms with Gasteiger partial charge in [0.1, 0.15) is 5.75 Å². The Bertz CT molecular complexity index is 1660. The summed E-state index contributed by atoms with van der Waals surface area (Å²) in [6, 6.07) is 14.1. The molecule has 3 aromatic carbocycles. The number of pyridine rings is 1. The van der Waals surface area contributed by atoms with E-state index >= 15 is 4.39 Å². The molecule has 1 saturated heterocycles. The number of nitro groups is 1. The van der Waals surface area contributed by atoms with E-state index in [0.29, 0.717) is 40.3 Å². The maximum Gasteiger partial charge on any atom is 0.339 e. The van der Waals surface area contributed by atoms with E-state index in [1.54, 1.807) is 31.5 Å². The van der Waals surface area contributed by atoms with Crippen molar-refractivity contribution in [1.29, 1.82) is 0 Å². The summed E-state index contributed by atoms with van der Waals surface area (Å²) >= 11 is 0. The zero-order valence-electron chi connectivity index (χ0n) is 24.0. The molecule has 12 nitrogen and oxygen atoms in total. The standard InChI is InChI=1S/C31H31FN6O6/c1-42-29-18-24-26(19-30(29)43-16-4-15-37-13-2-3-14-37)33-12-11-27(24)44-28-10-7-22(17-25(28)32)35-31(39)36-34-20-21-5-8-23(9-6-21)38(40)41/h5-12,17-20H,2-4,13-16H2,1H3,(H2,35,36,39)/b34-20+. The fraction of sp³-hybridized carbons (Fsp3) is 0.258. The molecule has 0 aliphatic carbocycles. The molecule has 13 heteroatoms. The van der Waals surface area contributed by atoms with E-state index in [9.17, 15) is 14.9 Å². The second-order valence-electron chi connectivity index (χ2n) is 10.0. The SMILES string of the molecule is COc1cc2c(Oc3ccc(NC(=O)N/N=C/c4ccc([N+](=O)[O-])cc4)cc3F)ccnc2cc1OCCCN1CCCC1. The number of amides is 2. The highest BCUT2D eigenvalue weighted by Crippen LogP contribution is 2.38. The number of non-ortho nitro benzene ring substituents is 1. The first-order chi connectivity index (χ1) is 21.4. The number of methoxy groups -OCH3 is 1. The van der Waals surface area contributed by atoms with Crippen molar-refractivity contribution >= 4 is 34.5 Å². The molecule has 0 unspecified atom stereocenters. The van der Waals surface area contributed by atoms with Crippen molar-refractivity contribution in [2.24, 2.45) is 5.10 Å². The number of halogens is 1. The van der Waals surface area contributed by atoms with Gasteiger partial charge in [-0.25, -0.2) is 14.6 Å². The average Bonchev–Trinajstić information content (AvgIpc) is 3.54. The number of carbonyl (C=O) groups excluding carboxylic acids is 1. The molecule has 228 valence electrons. The lowest BCUT2D eigenvalue weighted by molar-refractivity contribution is -0.384. The number of hydrogen-bond acceptors (Lipinski definition) is 9. The summed E-state index contributed by atoms with van der Waals surface area (Å²) in [5, 5.41) is 17.6. The van der Waals surface area contributed by atoms with Gasteiger partial charge < -0.3 is 24.4 Å². The zero-order chi connectivity index (χ0) is 30.9. The van der Waals surface area contributed by atoms with Gasteiger partial charge in [-0.3, -0.25) is 15.1 Å². The van der Waals surface area contributed by atoms with Gasteiger partial charge in [0.2, 0.25) is 0 Å². The van der Waals surface area contributed by atoms with Gasteiger partial charge in [0, 0.05) is 48.1 Å². The third-order valence-electron chi connectivity index (χ3n) is 6.96. The van der Waals surface area contributed by atoms with Crippen LogP contribution in [-0.4, -0.2) is 60.4 Å². The van der Waals surface area contributed by atoms with Crippen molar-refractivity contribution in [2.75, 3.05) is 38.7 Å². The van der Waals surface area contributed by atoms with E-state index in [2.05, 4.69) is 25.7 Å². The molecule has 0 saturated carbocycles. The van der Waals surface area contributed by atoms with Crippen LogP contribution in [0.2, 0.25) is 0 Å². The van der Waals surface area contributed by atoms with Crippen molar-refractivity contribution < 1.29 is 28.3 Å². The third-order valence-corrected chi connectivity index (χ3v) is 6.96. The van der Waals surface area contributed by atoms with E-state index in [4.69, 9.17) is 14.2 Å². The smallest absolute Gasteiger partial charge is 0.339 e. The quantitative estimate of drug-likeness (QED) is 0.0858. The lowest BCUT2D eigenvalue weighted by Gasteiger charge is -2.16. The molecule has 0 spiro atoms. The van der Waals surface area contributed by atoms with Gasteiger partial charge >= 0.3 is 6.03 Å². The predicted octanol–water partition coefficient (Wildman–Crippen LogP) is 6.10. The maximum atomic E-state index is 15.0. The highest BCUT2D eigenvalue weighted by Gasteiger charge is 2.15. The highest BCUT2D eigenvalue weighted by atomic mass is 19.1. The minimum Gasteiger partial charge on any atom is -0.493 e. The van der Waals surface area contributed by atoms with E-state index in [1.165, 1.54) is 55.5 Å². The Hall–Kier alpha value is -5.30. The number of fused-ring (bicyclic) bond motifs is 1. The molecule has 5 rings (SSSR count). The summed E-state index contributed by atoms with van der Waals surface area (Å²) < 4.78 is 32.5. The summed E-state index contributed by atoms with van der Waals surface area (Å²) in [6.07, 6.45) is 6.29. The molecular formula is C31H31FN6O6. The maximum absolute atomic E-state index is 15.0. The van der Waals surface area contributed by atoms with Gasteiger partial charge in [-0.15, -0.1) is 0 Å². The second-order valence-corrected chi connectivity index (χ2v) is 10.0. The van der Waals surface area contributed by atoms with Crippen molar-refractivity contribution in [3.8, 4) is 23.0 Å². The zero-order valence-corrected chi connectivity index (χ0v) is 24.0. The summed E-state index contributed by atoms with van der Waals surface area (Å²) in [6.45, 7) is 3.83. The molecule has 0 radical (unpaired) electrons. The topological polar surface area (TPSA) is 140 Å². The van der Waals surface area contributed by atoms with Crippen LogP contribution in [0.4, 0.5) is 20.6 Å². The van der Waals surface area contributed by atoms with Crippen LogP contribution in [0.25, 0.3) is 10.9 Å². The van der Waals surface area contributed by atoms with Crippen molar-refractivity contribution in [2.45, 2.75) is 19.3 Å². The summed E-state index contributed by atoms with van der Waals surface area (Å²) in [7, 11) is 1.55. The van der Waals surface area contributed by atoms with E-state index in [1.807, 2.05) is 0 Å². The van der Waals surface area contributed by atoms with Crippen LogP contribution in [0.1, 0.15) is 24.8 Å². The number of hydrazone groups is 1. The minimum absolute atomic E-state index is 0.0548. The highest BCUT2D eigenvalue weighted by molar-refractivity contribution is 5.91. The minimum atomic E-state index is -0.711. The first kappa shape index (κ1) is 30.2. The number of aromatic nitrogens is 1. The lowest BCUT2D eigenvalue weighted by atomic mass is 10.1. The molecule has 0 bridgehead atoms. The van der Waals surface area contributed by atoms with Crippen LogP contribution in [0.3, 0.4) is 0 Å². The monoisotopic (exact) mass is 602 g/mol. The number of likely N-dealkylation sites (tertiary alicyclic amines) is 1.